The third-order valence-corrected chi connectivity index (χ3v) is 8.61. The van der Waals surface area contributed by atoms with Gasteiger partial charge in [-0.15, -0.1) is 0 Å². The van der Waals surface area contributed by atoms with Gasteiger partial charge in [0.15, 0.2) is 5.13 Å². The number of anilines is 2. The maximum atomic E-state index is 13.3. The van der Waals surface area contributed by atoms with Gasteiger partial charge in [0, 0.05) is 25.5 Å². The van der Waals surface area contributed by atoms with Gasteiger partial charge < -0.3 is 14.8 Å². The van der Waals surface area contributed by atoms with Crippen molar-refractivity contribution in [3.63, 3.8) is 0 Å². The standard InChI is InChI=1S/C24H30N4O4S2/c1-15(18-9-12-32-13-10-18)26-24-27-17(3)23(33-24)19-7-8-21(31-4)22(14-19)34(29,30)28-20-6-5-11-25-16(20)2/h5-8,11,14-15,18,28H,9-10,12-13H2,1-4H3,(H,26,27). The number of hydrogen-bond acceptors (Lipinski definition) is 8. The molecule has 2 N–H and O–H groups in total. The Morgan fingerprint density at radius 1 is 1.18 bits per heavy atom. The van der Waals surface area contributed by atoms with Gasteiger partial charge >= 0.3 is 0 Å². The molecule has 34 heavy (non-hydrogen) atoms. The van der Waals surface area contributed by atoms with Crippen LogP contribution < -0.4 is 14.8 Å². The quantitative estimate of drug-likeness (QED) is 0.453. The largest absolute Gasteiger partial charge is 0.495 e. The zero-order chi connectivity index (χ0) is 24.3. The molecule has 3 heterocycles. The summed E-state index contributed by atoms with van der Waals surface area (Å²) in [7, 11) is -2.45. The molecule has 1 aliphatic rings. The summed E-state index contributed by atoms with van der Waals surface area (Å²) in [6, 6.07) is 8.83. The first-order chi connectivity index (χ1) is 16.3. The molecule has 0 saturated carbocycles. The molecule has 1 atom stereocenters. The number of aryl methyl sites for hydroxylation is 2. The number of benzene rings is 1. The summed E-state index contributed by atoms with van der Waals surface area (Å²) in [5.74, 6) is 0.813. The first-order valence-corrected chi connectivity index (χ1v) is 13.5. The third-order valence-electron chi connectivity index (χ3n) is 6.09. The van der Waals surface area contributed by atoms with Crippen LogP contribution in [-0.2, 0) is 14.8 Å². The van der Waals surface area contributed by atoms with Crippen molar-refractivity contribution in [2.45, 2.75) is 44.6 Å². The Hall–Kier alpha value is -2.69. The van der Waals surface area contributed by atoms with Crippen molar-refractivity contribution in [2.75, 3.05) is 30.4 Å². The van der Waals surface area contributed by atoms with Crippen LogP contribution in [0.1, 0.15) is 31.2 Å². The zero-order valence-corrected chi connectivity index (χ0v) is 21.4. The summed E-state index contributed by atoms with van der Waals surface area (Å²) in [6.07, 6.45) is 3.69. The minimum atomic E-state index is -3.91. The molecule has 0 bridgehead atoms. The van der Waals surface area contributed by atoms with Crippen LogP contribution in [-0.4, -0.2) is 44.8 Å². The smallest absolute Gasteiger partial charge is 0.265 e. The van der Waals surface area contributed by atoms with Crippen LogP contribution in [0.4, 0.5) is 10.8 Å². The Morgan fingerprint density at radius 3 is 2.65 bits per heavy atom. The van der Waals surface area contributed by atoms with Gasteiger partial charge in [0.1, 0.15) is 10.6 Å². The van der Waals surface area contributed by atoms with Crippen LogP contribution in [0.3, 0.4) is 0 Å². The number of aromatic nitrogens is 2. The Balaban J connectivity index is 1.62. The first kappa shape index (κ1) is 24.4. The Kier molecular flexibility index (Phi) is 7.39. The van der Waals surface area contributed by atoms with Crippen molar-refractivity contribution in [2.24, 2.45) is 5.92 Å². The van der Waals surface area contributed by atoms with Crippen molar-refractivity contribution in [1.82, 2.24) is 9.97 Å². The minimum Gasteiger partial charge on any atom is -0.495 e. The molecule has 182 valence electrons. The highest BCUT2D eigenvalue weighted by molar-refractivity contribution is 7.92. The number of nitrogens with zero attached hydrogens (tertiary/aromatic N) is 2. The molecule has 2 aromatic heterocycles. The molecule has 10 heteroatoms. The number of methoxy groups -OCH3 is 1. The number of sulfonamides is 1. The van der Waals surface area contributed by atoms with E-state index in [4.69, 9.17) is 14.5 Å². The molecular weight excluding hydrogens is 472 g/mol. The second-order valence-electron chi connectivity index (χ2n) is 8.42. The van der Waals surface area contributed by atoms with Crippen molar-refractivity contribution < 1.29 is 17.9 Å². The van der Waals surface area contributed by atoms with Crippen molar-refractivity contribution in [1.29, 1.82) is 0 Å². The van der Waals surface area contributed by atoms with E-state index in [0.29, 0.717) is 17.3 Å². The van der Waals surface area contributed by atoms with E-state index >= 15 is 0 Å². The highest BCUT2D eigenvalue weighted by atomic mass is 32.2. The summed E-state index contributed by atoms with van der Waals surface area (Å²) in [5.41, 5.74) is 2.63. The summed E-state index contributed by atoms with van der Waals surface area (Å²) in [6.45, 7) is 7.47. The van der Waals surface area contributed by atoms with Gasteiger partial charge in [-0.2, -0.15) is 0 Å². The molecule has 0 spiro atoms. The summed E-state index contributed by atoms with van der Waals surface area (Å²) in [4.78, 5) is 9.84. The molecule has 0 amide bonds. The molecular formula is C24H30N4O4S2. The molecule has 4 rings (SSSR count). The van der Waals surface area contributed by atoms with E-state index in [1.165, 1.54) is 18.4 Å². The highest BCUT2D eigenvalue weighted by Gasteiger charge is 2.24. The van der Waals surface area contributed by atoms with Crippen molar-refractivity contribution in [3.8, 4) is 16.2 Å². The van der Waals surface area contributed by atoms with E-state index in [0.717, 1.165) is 47.3 Å². The van der Waals surface area contributed by atoms with E-state index in [1.807, 2.05) is 13.0 Å². The van der Waals surface area contributed by atoms with Crippen LogP contribution in [0.5, 0.6) is 5.75 Å². The van der Waals surface area contributed by atoms with Crippen LogP contribution >= 0.6 is 11.3 Å². The summed E-state index contributed by atoms with van der Waals surface area (Å²) < 4.78 is 40.0. The number of nitrogens with one attached hydrogen (secondary N) is 2. The van der Waals surface area contributed by atoms with E-state index < -0.39 is 10.0 Å². The molecule has 1 fully saturated rings. The highest BCUT2D eigenvalue weighted by Crippen LogP contribution is 2.37. The van der Waals surface area contributed by atoms with E-state index in [-0.39, 0.29) is 16.7 Å². The maximum Gasteiger partial charge on any atom is 0.265 e. The van der Waals surface area contributed by atoms with Crippen LogP contribution in [0.15, 0.2) is 41.4 Å². The molecule has 1 unspecified atom stereocenters. The molecule has 8 nitrogen and oxygen atoms in total. The summed E-state index contributed by atoms with van der Waals surface area (Å²) in [5, 5.41) is 4.37. The van der Waals surface area contributed by atoms with Crippen LogP contribution in [0, 0.1) is 19.8 Å². The molecule has 0 radical (unpaired) electrons. The lowest BCUT2D eigenvalue weighted by molar-refractivity contribution is 0.0622. The fourth-order valence-electron chi connectivity index (χ4n) is 4.07. The second kappa shape index (κ2) is 10.3. The predicted octanol–water partition coefficient (Wildman–Crippen LogP) is 4.86. The second-order valence-corrected chi connectivity index (χ2v) is 11.1. The molecule has 1 aliphatic heterocycles. The van der Waals surface area contributed by atoms with Gasteiger partial charge in [0.05, 0.1) is 29.1 Å². The van der Waals surface area contributed by atoms with E-state index in [2.05, 4.69) is 21.9 Å². The van der Waals surface area contributed by atoms with Gasteiger partial charge in [-0.1, -0.05) is 11.3 Å². The van der Waals surface area contributed by atoms with E-state index in [9.17, 15) is 8.42 Å². The van der Waals surface area contributed by atoms with Gasteiger partial charge in [0.2, 0.25) is 0 Å². The zero-order valence-electron chi connectivity index (χ0n) is 19.8. The third kappa shape index (κ3) is 5.34. The Morgan fingerprint density at radius 2 is 1.94 bits per heavy atom. The molecule has 1 saturated heterocycles. The monoisotopic (exact) mass is 502 g/mol. The first-order valence-electron chi connectivity index (χ1n) is 11.2. The lowest BCUT2D eigenvalue weighted by Crippen LogP contribution is -2.30. The fourth-order valence-corrected chi connectivity index (χ4v) is 6.45. The average Bonchev–Trinajstić information content (AvgIpc) is 3.20. The van der Waals surface area contributed by atoms with Gasteiger partial charge in [-0.3, -0.25) is 9.71 Å². The van der Waals surface area contributed by atoms with Crippen LogP contribution in [0.25, 0.3) is 10.4 Å². The molecule has 1 aromatic carbocycles. The fraction of sp³-hybridized carbons (Fsp3) is 0.417. The number of ether oxygens (including phenoxy) is 2. The predicted molar refractivity (Wildman–Crippen MR) is 135 cm³/mol. The minimum absolute atomic E-state index is 0.0636. The molecule has 0 aliphatic carbocycles. The summed E-state index contributed by atoms with van der Waals surface area (Å²) >= 11 is 1.52. The topological polar surface area (TPSA) is 102 Å². The Labute approximate surface area is 204 Å². The lowest BCUT2D eigenvalue weighted by Gasteiger charge is -2.28. The Bertz CT molecular complexity index is 1250. The maximum absolute atomic E-state index is 13.3. The van der Waals surface area contributed by atoms with E-state index in [1.54, 1.807) is 37.4 Å². The van der Waals surface area contributed by atoms with Crippen molar-refractivity contribution in [3.05, 3.63) is 47.9 Å². The average molecular weight is 503 g/mol. The number of hydrogen-bond donors (Lipinski definition) is 2. The number of thiazole rings is 1. The van der Waals surface area contributed by atoms with Crippen molar-refractivity contribution >= 4 is 32.2 Å². The normalized spacial score (nSPS) is 15.6. The molecule has 3 aromatic rings. The van der Waals surface area contributed by atoms with Gasteiger partial charge in [-0.05, 0) is 75.4 Å². The number of pyridine rings is 1. The van der Waals surface area contributed by atoms with Gasteiger partial charge in [-0.25, -0.2) is 13.4 Å². The van der Waals surface area contributed by atoms with Crippen LogP contribution in [0.2, 0.25) is 0 Å². The lowest BCUT2D eigenvalue weighted by atomic mass is 9.93. The number of rotatable bonds is 8. The van der Waals surface area contributed by atoms with Gasteiger partial charge in [0.25, 0.3) is 10.0 Å². The SMILES string of the molecule is COc1ccc(-c2sc(NC(C)C3CCOCC3)nc2C)cc1S(=O)(=O)Nc1cccnc1C.